The van der Waals surface area contributed by atoms with Gasteiger partial charge < -0.3 is 18.6 Å². The molecule has 0 bridgehead atoms. The average molecular weight is 494 g/mol. The lowest BCUT2D eigenvalue weighted by Crippen LogP contribution is -2.40. The summed E-state index contributed by atoms with van der Waals surface area (Å²) in [5, 5.41) is 0. The van der Waals surface area contributed by atoms with Crippen LogP contribution in [0.3, 0.4) is 0 Å². The molecule has 3 aromatic rings. The summed E-state index contributed by atoms with van der Waals surface area (Å²) in [6, 6.07) is 14.0. The number of benzene rings is 2. The van der Waals surface area contributed by atoms with Gasteiger partial charge in [-0.05, 0) is 75.9 Å². The number of carbonyl (C=O) groups is 1. The Morgan fingerprint density at radius 3 is 2.19 bits per heavy atom. The van der Waals surface area contributed by atoms with Crippen molar-refractivity contribution in [1.29, 1.82) is 0 Å². The maximum atomic E-state index is 12.5. The van der Waals surface area contributed by atoms with E-state index in [-0.39, 0.29) is 5.97 Å². The van der Waals surface area contributed by atoms with Gasteiger partial charge in [0.05, 0.1) is 18.9 Å². The zero-order valence-electron chi connectivity index (χ0n) is 22.5. The first-order valence-electron chi connectivity index (χ1n) is 13.0. The fourth-order valence-corrected chi connectivity index (χ4v) is 4.08. The smallest absolute Gasteiger partial charge is 0.349 e. The van der Waals surface area contributed by atoms with Crippen molar-refractivity contribution in [2.45, 2.75) is 79.2 Å². The van der Waals surface area contributed by atoms with E-state index < -0.39 is 5.60 Å². The molecule has 0 aliphatic rings. The number of hydrogen-bond donors (Lipinski definition) is 0. The SMILES string of the molecule is CCCc1cc(OCCc2nc(-c3ccccc3)oc2C)cc(CCC)c1OC(C)(C)C(=O)OCC. The van der Waals surface area contributed by atoms with Crippen LogP contribution in [0.5, 0.6) is 11.5 Å². The van der Waals surface area contributed by atoms with Gasteiger partial charge in [0.25, 0.3) is 0 Å². The highest BCUT2D eigenvalue weighted by Gasteiger charge is 2.33. The highest BCUT2D eigenvalue weighted by molar-refractivity contribution is 5.79. The largest absolute Gasteiger partial charge is 0.493 e. The lowest BCUT2D eigenvalue weighted by atomic mass is 10.00. The molecule has 194 valence electrons. The summed E-state index contributed by atoms with van der Waals surface area (Å²) < 4.78 is 23.6. The van der Waals surface area contributed by atoms with E-state index in [1.165, 1.54) is 0 Å². The molecule has 0 N–H and O–H groups in total. The second-order valence-corrected chi connectivity index (χ2v) is 9.39. The van der Waals surface area contributed by atoms with E-state index in [0.717, 1.165) is 65.3 Å². The number of nitrogens with zero attached hydrogens (tertiary/aromatic N) is 1. The van der Waals surface area contributed by atoms with E-state index in [9.17, 15) is 4.79 Å². The third-order valence-electron chi connectivity index (χ3n) is 5.90. The third-order valence-corrected chi connectivity index (χ3v) is 5.90. The molecule has 0 unspecified atom stereocenters. The van der Waals surface area contributed by atoms with Gasteiger partial charge in [-0.1, -0.05) is 44.9 Å². The topological polar surface area (TPSA) is 70.8 Å². The summed E-state index contributed by atoms with van der Waals surface area (Å²) in [5.41, 5.74) is 2.86. The van der Waals surface area contributed by atoms with Crippen LogP contribution in [0.25, 0.3) is 11.5 Å². The normalized spacial score (nSPS) is 11.4. The maximum Gasteiger partial charge on any atom is 0.349 e. The summed E-state index contributed by atoms with van der Waals surface area (Å²) in [6.07, 6.45) is 4.19. The van der Waals surface area contributed by atoms with Crippen LogP contribution >= 0.6 is 0 Å². The molecule has 0 fully saturated rings. The van der Waals surface area contributed by atoms with Gasteiger partial charge in [-0.3, -0.25) is 0 Å². The molecule has 36 heavy (non-hydrogen) atoms. The van der Waals surface area contributed by atoms with Crippen LogP contribution in [0.1, 0.15) is 70.0 Å². The molecule has 3 rings (SSSR count). The zero-order valence-corrected chi connectivity index (χ0v) is 22.5. The van der Waals surface area contributed by atoms with E-state index >= 15 is 0 Å². The highest BCUT2D eigenvalue weighted by atomic mass is 16.6. The first-order chi connectivity index (χ1) is 17.3. The van der Waals surface area contributed by atoms with Crippen molar-refractivity contribution in [3.8, 4) is 23.0 Å². The minimum Gasteiger partial charge on any atom is -0.493 e. The van der Waals surface area contributed by atoms with Crippen molar-refractivity contribution in [3.63, 3.8) is 0 Å². The van der Waals surface area contributed by atoms with E-state index in [4.69, 9.17) is 18.6 Å². The number of ether oxygens (including phenoxy) is 3. The Labute approximate surface area is 215 Å². The Balaban J connectivity index is 1.78. The van der Waals surface area contributed by atoms with Crippen molar-refractivity contribution in [2.24, 2.45) is 0 Å². The Hall–Kier alpha value is -3.28. The molecule has 0 radical (unpaired) electrons. The minimum absolute atomic E-state index is 0.319. The second-order valence-electron chi connectivity index (χ2n) is 9.39. The molecule has 2 aromatic carbocycles. The van der Waals surface area contributed by atoms with Gasteiger partial charge in [-0.2, -0.15) is 0 Å². The van der Waals surface area contributed by atoms with Gasteiger partial charge in [0.2, 0.25) is 5.89 Å². The van der Waals surface area contributed by atoms with Gasteiger partial charge in [0.15, 0.2) is 5.60 Å². The predicted octanol–water partition coefficient (Wildman–Crippen LogP) is 6.90. The number of carbonyl (C=O) groups excluding carboxylic acids is 1. The number of rotatable bonds is 13. The summed E-state index contributed by atoms with van der Waals surface area (Å²) in [5.74, 6) is 2.63. The molecule has 6 heteroatoms. The number of aromatic nitrogens is 1. The molecule has 1 aromatic heterocycles. The Morgan fingerprint density at radius 1 is 0.972 bits per heavy atom. The van der Waals surface area contributed by atoms with Gasteiger partial charge in [-0.15, -0.1) is 0 Å². The molecule has 0 amide bonds. The van der Waals surface area contributed by atoms with E-state index in [2.05, 4.69) is 18.8 Å². The molecule has 0 atom stereocenters. The van der Waals surface area contributed by atoms with Crippen molar-refractivity contribution in [3.05, 3.63) is 65.0 Å². The lowest BCUT2D eigenvalue weighted by molar-refractivity contribution is -0.158. The van der Waals surface area contributed by atoms with Crippen LogP contribution in [0.4, 0.5) is 0 Å². The molecule has 0 aliphatic carbocycles. The zero-order chi connectivity index (χ0) is 26.1. The minimum atomic E-state index is -1.08. The van der Waals surface area contributed by atoms with Crippen LogP contribution in [0.15, 0.2) is 46.9 Å². The van der Waals surface area contributed by atoms with Gasteiger partial charge >= 0.3 is 5.97 Å². The number of oxazole rings is 1. The van der Waals surface area contributed by atoms with Crippen molar-refractivity contribution >= 4 is 5.97 Å². The van der Waals surface area contributed by atoms with E-state index in [1.807, 2.05) is 49.4 Å². The number of hydrogen-bond acceptors (Lipinski definition) is 6. The maximum absolute atomic E-state index is 12.5. The molecular formula is C30H39NO5. The van der Waals surface area contributed by atoms with Crippen LogP contribution in [0.2, 0.25) is 0 Å². The summed E-state index contributed by atoms with van der Waals surface area (Å²) in [4.78, 5) is 17.2. The second kappa shape index (κ2) is 12.6. The van der Waals surface area contributed by atoms with Gasteiger partial charge in [0, 0.05) is 12.0 Å². The average Bonchev–Trinajstić information content (AvgIpc) is 3.22. The fourth-order valence-electron chi connectivity index (χ4n) is 4.08. The molecular weight excluding hydrogens is 454 g/mol. The quantitative estimate of drug-likeness (QED) is 0.241. The standard InChI is InChI=1S/C30H39NO5/c1-7-13-23-19-25(20-24(14-8-2)27(23)36-30(5,6)29(32)33-9-3)34-18-17-26-21(4)35-28(31-26)22-15-11-10-12-16-22/h10-12,15-16,19-20H,7-9,13-14,17-18H2,1-6H3. The van der Waals surface area contributed by atoms with Crippen LogP contribution < -0.4 is 9.47 Å². The van der Waals surface area contributed by atoms with Crippen molar-refractivity contribution < 1.29 is 23.4 Å². The lowest BCUT2D eigenvalue weighted by Gasteiger charge is -2.27. The molecule has 0 aliphatic heterocycles. The molecule has 0 saturated heterocycles. The third kappa shape index (κ3) is 6.90. The molecule has 0 saturated carbocycles. The van der Waals surface area contributed by atoms with Crippen LogP contribution in [-0.2, 0) is 28.8 Å². The summed E-state index contributed by atoms with van der Waals surface area (Å²) in [7, 11) is 0. The first-order valence-corrected chi connectivity index (χ1v) is 13.0. The summed E-state index contributed by atoms with van der Waals surface area (Å²) >= 11 is 0. The number of esters is 1. The molecule has 1 heterocycles. The Morgan fingerprint density at radius 2 is 1.61 bits per heavy atom. The van der Waals surface area contributed by atoms with Crippen LogP contribution in [0, 0.1) is 6.92 Å². The van der Waals surface area contributed by atoms with E-state index in [1.54, 1.807) is 20.8 Å². The Bertz CT molecular complexity index is 1110. The van der Waals surface area contributed by atoms with E-state index in [0.29, 0.717) is 25.5 Å². The first kappa shape index (κ1) is 27.3. The van der Waals surface area contributed by atoms with Crippen molar-refractivity contribution in [2.75, 3.05) is 13.2 Å². The summed E-state index contributed by atoms with van der Waals surface area (Å²) in [6.45, 7) is 12.3. The van der Waals surface area contributed by atoms with Crippen LogP contribution in [-0.4, -0.2) is 29.8 Å². The van der Waals surface area contributed by atoms with Gasteiger partial charge in [0.1, 0.15) is 17.3 Å². The van der Waals surface area contributed by atoms with Crippen molar-refractivity contribution in [1.82, 2.24) is 4.98 Å². The molecule has 0 spiro atoms. The Kier molecular flexibility index (Phi) is 9.57. The highest BCUT2D eigenvalue weighted by Crippen LogP contribution is 2.35. The number of aryl methyl sites for hydroxylation is 3. The predicted molar refractivity (Wildman–Crippen MR) is 142 cm³/mol. The molecule has 6 nitrogen and oxygen atoms in total. The fraction of sp³-hybridized carbons (Fsp3) is 0.467. The monoisotopic (exact) mass is 493 g/mol. The van der Waals surface area contributed by atoms with Gasteiger partial charge in [-0.25, -0.2) is 9.78 Å².